The first-order valence-corrected chi connectivity index (χ1v) is 12.9. The lowest BCUT2D eigenvalue weighted by atomic mass is 10.1. The Hall–Kier alpha value is -3.57. The highest BCUT2D eigenvalue weighted by molar-refractivity contribution is 8.04. The van der Waals surface area contributed by atoms with Crippen molar-refractivity contribution in [3.63, 3.8) is 0 Å². The van der Waals surface area contributed by atoms with Gasteiger partial charge in [0.15, 0.2) is 9.84 Å². The van der Waals surface area contributed by atoms with E-state index in [1.54, 1.807) is 18.2 Å². The lowest BCUT2D eigenvalue weighted by Crippen LogP contribution is -2.18. The number of rotatable bonds is 7. The highest BCUT2D eigenvalue weighted by Gasteiger charge is 2.26. The van der Waals surface area contributed by atoms with Crippen molar-refractivity contribution in [1.82, 2.24) is 0 Å². The Morgan fingerprint density at radius 3 is 2.17 bits per heavy atom. The van der Waals surface area contributed by atoms with E-state index in [4.69, 9.17) is 14.2 Å². The summed E-state index contributed by atoms with van der Waals surface area (Å²) in [7, 11) is 0.375. The van der Waals surface area contributed by atoms with E-state index in [9.17, 15) is 22.0 Å². The minimum absolute atomic E-state index is 0.171. The topological polar surface area (TPSA) is 90.9 Å². The Morgan fingerprint density at radius 2 is 1.58 bits per heavy atom. The van der Waals surface area contributed by atoms with Crippen LogP contribution < -0.4 is 19.5 Å². The average Bonchev–Trinajstić information content (AvgIpc) is 2.86. The molecule has 1 aliphatic rings. The van der Waals surface area contributed by atoms with Crippen LogP contribution in [0, 0.1) is 11.6 Å². The number of benzene rings is 3. The number of amides is 1. The summed E-state index contributed by atoms with van der Waals surface area (Å²) < 4.78 is 69.8. The number of thioether (sulfide) groups is 1. The molecule has 7 nitrogen and oxygen atoms in total. The fourth-order valence-electron chi connectivity index (χ4n) is 3.58. The van der Waals surface area contributed by atoms with Crippen molar-refractivity contribution in [2.45, 2.75) is 15.5 Å². The SMILES string of the molecule is COc1cc(OC)c(/C=C2/Sc3ccc(S(=O)(=O)Cc4c(F)cccc4F)cc3NC2=O)c(OC)c1. The third kappa shape index (κ3) is 5.02. The van der Waals surface area contributed by atoms with Crippen molar-refractivity contribution in [2.75, 3.05) is 26.6 Å². The van der Waals surface area contributed by atoms with Gasteiger partial charge in [0.25, 0.3) is 5.91 Å². The summed E-state index contributed by atoms with van der Waals surface area (Å²) in [6.45, 7) is 0. The number of fused-ring (bicyclic) bond motifs is 1. The van der Waals surface area contributed by atoms with Gasteiger partial charge in [-0.3, -0.25) is 4.79 Å². The van der Waals surface area contributed by atoms with E-state index >= 15 is 0 Å². The number of anilines is 1. The van der Waals surface area contributed by atoms with E-state index in [1.807, 2.05) is 0 Å². The van der Waals surface area contributed by atoms with E-state index in [1.165, 1.54) is 39.5 Å². The van der Waals surface area contributed by atoms with E-state index in [-0.39, 0.29) is 10.6 Å². The van der Waals surface area contributed by atoms with Crippen molar-refractivity contribution in [3.05, 3.63) is 76.2 Å². The van der Waals surface area contributed by atoms with Crippen LogP contribution in [-0.2, 0) is 20.4 Å². The van der Waals surface area contributed by atoms with Gasteiger partial charge in [0.05, 0.1) is 48.1 Å². The molecule has 0 unspecified atom stereocenters. The monoisotopic (exact) mass is 533 g/mol. The van der Waals surface area contributed by atoms with Gasteiger partial charge in [-0.1, -0.05) is 17.8 Å². The Labute approximate surface area is 211 Å². The van der Waals surface area contributed by atoms with Gasteiger partial charge in [0.2, 0.25) is 0 Å². The number of carbonyl (C=O) groups is 1. The first-order valence-electron chi connectivity index (χ1n) is 10.5. The molecule has 11 heteroatoms. The predicted molar refractivity (Wildman–Crippen MR) is 132 cm³/mol. The molecule has 36 heavy (non-hydrogen) atoms. The van der Waals surface area contributed by atoms with Crippen LogP contribution in [0.15, 0.2) is 63.2 Å². The summed E-state index contributed by atoms with van der Waals surface area (Å²) in [6.07, 6.45) is 1.60. The van der Waals surface area contributed by atoms with Crippen LogP contribution in [0.5, 0.6) is 17.2 Å². The summed E-state index contributed by atoms with van der Waals surface area (Å²) in [5.41, 5.74) is 0.250. The van der Waals surface area contributed by atoms with Crippen molar-refractivity contribution in [3.8, 4) is 17.2 Å². The van der Waals surface area contributed by atoms with Gasteiger partial charge in [0, 0.05) is 22.6 Å². The zero-order valence-corrected chi connectivity index (χ0v) is 21.1. The van der Waals surface area contributed by atoms with Gasteiger partial charge in [-0.2, -0.15) is 0 Å². The molecule has 1 aliphatic heterocycles. The fraction of sp³-hybridized carbons (Fsp3) is 0.160. The summed E-state index contributed by atoms with van der Waals surface area (Å²) >= 11 is 1.13. The standard InChI is InChI=1S/C25H21F2NO6S2/c1-32-14-9-21(33-2)16(22(10-14)34-3)12-24-25(29)28-20-11-15(7-8-23(20)35-24)36(30,31)13-17-18(26)5-4-6-19(17)27/h4-12H,13H2,1-3H3,(H,28,29)/b24-12+. The number of ether oxygens (including phenoxy) is 3. The van der Waals surface area contributed by atoms with E-state index in [0.29, 0.717) is 32.6 Å². The second-order valence-corrected chi connectivity index (χ2v) is 10.7. The van der Waals surface area contributed by atoms with Crippen LogP contribution >= 0.6 is 11.8 Å². The van der Waals surface area contributed by atoms with Gasteiger partial charge in [-0.05, 0) is 36.4 Å². The second-order valence-electron chi connectivity index (χ2n) is 7.63. The molecule has 1 amide bonds. The summed E-state index contributed by atoms with van der Waals surface area (Å²) in [5, 5.41) is 2.68. The smallest absolute Gasteiger partial charge is 0.262 e. The Balaban J connectivity index is 1.66. The summed E-state index contributed by atoms with van der Waals surface area (Å²) in [6, 6.07) is 10.6. The number of carbonyl (C=O) groups excluding carboxylic acids is 1. The largest absolute Gasteiger partial charge is 0.496 e. The molecule has 0 spiro atoms. The van der Waals surface area contributed by atoms with Crippen molar-refractivity contribution in [1.29, 1.82) is 0 Å². The van der Waals surface area contributed by atoms with Crippen LogP contribution in [0.2, 0.25) is 0 Å². The molecule has 3 aromatic carbocycles. The van der Waals surface area contributed by atoms with Gasteiger partial charge in [-0.15, -0.1) is 0 Å². The molecule has 1 heterocycles. The molecule has 188 valence electrons. The number of halogens is 2. The maximum absolute atomic E-state index is 14.0. The van der Waals surface area contributed by atoms with Gasteiger partial charge >= 0.3 is 0 Å². The van der Waals surface area contributed by atoms with E-state index in [2.05, 4.69) is 5.32 Å². The number of methoxy groups -OCH3 is 3. The molecule has 0 aromatic heterocycles. The summed E-state index contributed by atoms with van der Waals surface area (Å²) in [5.74, 6) is -1.84. The lowest BCUT2D eigenvalue weighted by molar-refractivity contribution is -0.112. The van der Waals surface area contributed by atoms with E-state index < -0.39 is 38.7 Å². The molecule has 0 aliphatic carbocycles. The molecule has 4 rings (SSSR count). The Morgan fingerprint density at radius 1 is 0.944 bits per heavy atom. The predicted octanol–water partition coefficient (Wildman–Crippen LogP) is 5.05. The van der Waals surface area contributed by atoms with Crippen LogP contribution in [-0.4, -0.2) is 35.7 Å². The van der Waals surface area contributed by atoms with Crippen molar-refractivity contribution in [2.24, 2.45) is 0 Å². The molecule has 0 saturated heterocycles. The second kappa shape index (κ2) is 10.2. The number of hydrogen-bond donors (Lipinski definition) is 1. The first kappa shape index (κ1) is 25.5. The highest BCUT2D eigenvalue weighted by atomic mass is 32.2. The molecule has 0 radical (unpaired) electrons. The summed E-state index contributed by atoms with van der Waals surface area (Å²) in [4.78, 5) is 13.6. The van der Waals surface area contributed by atoms with Crippen molar-refractivity contribution < 1.29 is 36.2 Å². The zero-order valence-electron chi connectivity index (χ0n) is 19.4. The van der Waals surface area contributed by atoms with Crippen LogP contribution in [0.4, 0.5) is 14.5 Å². The molecule has 0 fully saturated rings. The molecular weight excluding hydrogens is 512 g/mol. The quantitative estimate of drug-likeness (QED) is 0.425. The minimum Gasteiger partial charge on any atom is -0.496 e. The minimum atomic E-state index is -4.10. The van der Waals surface area contributed by atoms with Crippen LogP contribution in [0.25, 0.3) is 6.08 Å². The normalized spacial score (nSPS) is 14.2. The zero-order chi connectivity index (χ0) is 26.0. The van der Waals surface area contributed by atoms with Gasteiger partial charge in [0.1, 0.15) is 28.9 Å². The number of sulfone groups is 1. The maximum Gasteiger partial charge on any atom is 0.262 e. The Kier molecular flexibility index (Phi) is 7.23. The van der Waals surface area contributed by atoms with Gasteiger partial charge in [-0.25, -0.2) is 17.2 Å². The molecule has 0 atom stereocenters. The maximum atomic E-state index is 14.0. The molecule has 3 aromatic rings. The average molecular weight is 534 g/mol. The number of nitrogens with one attached hydrogen (secondary N) is 1. The van der Waals surface area contributed by atoms with Gasteiger partial charge < -0.3 is 19.5 Å². The Bertz CT molecular complexity index is 1440. The third-order valence-corrected chi connectivity index (χ3v) is 8.17. The number of hydrogen-bond acceptors (Lipinski definition) is 7. The van der Waals surface area contributed by atoms with Crippen molar-refractivity contribution >= 4 is 39.3 Å². The molecule has 1 N–H and O–H groups in total. The molecule has 0 saturated carbocycles. The first-order chi connectivity index (χ1) is 17.2. The molecule has 0 bridgehead atoms. The highest BCUT2D eigenvalue weighted by Crippen LogP contribution is 2.43. The van der Waals surface area contributed by atoms with E-state index in [0.717, 1.165) is 30.0 Å². The third-order valence-electron chi connectivity index (χ3n) is 5.43. The van der Waals surface area contributed by atoms with Crippen LogP contribution in [0.3, 0.4) is 0 Å². The fourth-order valence-corrected chi connectivity index (χ4v) is 5.89. The lowest BCUT2D eigenvalue weighted by Gasteiger charge is -2.20. The van der Waals surface area contributed by atoms with Crippen LogP contribution in [0.1, 0.15) is 11.1 Å². The molecular formula is C25H21F2NO6S2.